The fourth-order valence-corrected chi connectivity index (χ4v) is 5.58. The maximum Gasteiger partial charge on any atom is 0.231 e. The number of hydrogen-bond acceptors (Lipinski definition) is 6. The van der Waals surface area contributed by atoms with E-state index in [-0.39, 0.29) is 23.7 Å². The third-order valence-corrected chi connectivity index (χ3v) is 7.36. The molecule has 6 nitrogen and oxygen atoms in total. The number of benzene rings is 2. The minimum Gasteiger partial charge on any atom is -0.302 e. The molecule has 34 heavy (non-hydrogen) atoms. The van der Waals surface area contributed by atoms with E-state index in [9.17, 15) is 9.59 Å². The average Bonchev–Trinajstić information content (AvgIpc) is 3.59. The Bertz CT molecular complexity index is 1160. The molecule has 2 N–H and O–H groups in total. The highest BCUT2D eigenvalue weighted by molar-refractivity contribution is 7.14. The Morgan fingerprint density at radius 1 is 0.647 bits per heavy atom. The summed E-state index contributed by atoms with van der Waals surface area (Å²) in [5, 5.41) is 10.5. The lowest BCUT2D eigenvalue weighted by Gasteiger charge is -2.38. The number of thiazole rings is 2. The summed E-state index contributed by atoms with van der Waals surface area (Å²) >= 11 is 2.71. The molecule has 0 radical (unpaired) electrons. The summed E-state index contributed by atoms with van der Waals surface area (Å²) in [6.45, 7) is 0. The lowest BCUT2D eigenvalue weighted by molar-refractivity contribution is -0.130. The van der Waals surface area contributed by atoms with E-state index in [1.54, 1.807) is 12.4 Å². The van der Waals surface area contributed by atoms with Crippen molar-refractivity contribution in [3.05, 3.63) is 107 Å². The van der Waals surface area contributed by atoms with Crippen molar-refractivity contribution in [3.8, 4) is 0 Å². The largest absolute Gasteiger partial charge is 0.302 e. The van der Waals surface area contributed by atoms with Crippen molar-refractivity contribution >= 4 is 44.8 Å². The Morgan fingerprint density at radius 2 is 1.06 bits per heavy atom. The van der Waals surface area contributed by atoms with Gasteiger partial charge in [0.2, 0.25) is 11.8 Å². The molecule has 0 aliphatic heterocycles. The zero-order valence-electron chi connectivity index (χ0n) is 18.1. The number of amides is 2. The first-order valence-corrected chi connectivity index (χ1v) is 12.7. The summed E-state index contributed by atoms with van der Waals surface area (Å²) in [6.07, 6.45) is 7.42. The van der Waals surface area contributed by atoms with Gasteiger partial charge < -0.3 is 10.6 Å². The third kappa shape index (κ3) is 4.69. The van der Waals surface area contributed by atoms with Crippen LogP contribution < -0.4 is 10.6 Å². The summed E-state index contributed by atoms with van der Waals surface area (Å²) in [6, 6.07) is 19.7. The van der Waals surface area contributed by atoms with Crippen molar-refractivity contribution in [2.75, 3.05) is 10.6 Å². The van der Waals surface area contributed by atoms with E-state index in [0.717, 1.165) is 11.1 Å². The van der Waals surface area contributed by atoms with Gasteiger partial charge in [0.15, 0.2) is 10.3 Å². The molecule has 0 spiro atoms. The first-order chi connectivity index (χ1) is 16.7. The second kappa shape index (κ2) is 10.1. The zero-order chi connectivity index (χ0) is 23.3. The minimum atomic E-state index is -0.651. The van der Waals surface area contributed by atoms with Gasteiger partial charge in [-0.05, 0) is 11.1 Å². The molecular weight excluding hydrogens is 464 g/mol. The van der Waals surface area contributed by atoms with Gasteiger partial charge in [0.25, 0.3) is 0 Å². The predicted molar refractivity (Wildman–Crippen MR) is 136 cm³/mol. The Kier molecular flexibility index (Phi) is 6.60. The van der Waals surface area contributed by atoms with Gasteiger partial charge in [0, 0.05) is 35.0 Å². The van der Waals surface area contributed by atoms with Crippen LogP contribution in [0.3, 0.4) is 0 Å². The topological polar surface area (TPSA) is 84.0 Å². The number of nitrogens with zero attached hydrogens (tertiary/aromatic N) is 2. The normalized spacial score (nSPS) is 21.6. The summed E-state index contributed by atoms with van der Waals surface area (Å²) in [7, 11) is 0. The fourth-order valence-electron chi connectivity index (χ4n) is 4.51. The molecule has 0 saturated heterocycles. The summed E-state index contributed by atoms with van der Waals surface area (Å²) in [5.74, 6) is -2.30. The smallest absolute Gasteiger partial charge is 0.231 e. The van der Waals surface area contributed by atoms with E-state index in [2.05, 4.69) is 32.8 Å². The van der Waals surface area contributed by atoms with Crippen molar-refractivity contribution < 1.29 is 9.59 Å². The first-order valence-electron chi connectivity index (χ1n) is 10.9. The van der Waals surface area contributed by atoms with E-state index in [0.29, 0.717) is 10.3 Å². The monoisotopic (exact) mass is 486 g/mol. The SMILES string of the molecule is O=C(Nc1nccs1)[C@@H]1[C@H](C(=O)Nc2nccs2)[C@H](c2ccccc2)C=C[C@@H]1c1ccccc1. The van der Waals surface area contributed by atoms with E-state index in [1.165, 1.54) is 22.7 Å². The number of hydrogen-bond donors (Lipinski definition) is 2. The van der Waals surface area contributed by atoms with E-state index in [1.807, 2.05) is 71.4 Å². The van der Waals surface area contributed by atoms with Crippen molar-refractivity contribution in [1.82, 2.24) is 9.97 Å². The summed E-state index contributed by atoms with van der Waals surface area (Å²) < 4.78 is 0. The molecule has 0 saturated carbocycles. The Hall–Kier alpha value is -3.62. The van der Waals surface area contributed by atoms with Gasteiger partial charge in [-0.2, -0.15) is 0 Å². The molecule has 1 aliphatic rings. The van der Waals surface area contributed by atoms with Gasteiger partial charge in [0.1, 0.15) is 0 Å². The molecule has 2 amide bonds. The van der Waals surface area contributed by atoms with Crippen LogP contribution in [0, 0.1) is 11.8 Å². The second-order valence-electron chi connectivity index (χ2n) is 7.96. The van der Waals surface area contributed by atoms with Gasteiger partial charge in [-0.3, -0.25) is 9.59 Å². The van der Waals surface area contributed by atoms with Crippen LogP contribution in [0.5, 0.6) is 0 Å². The quantitative estimate of drug-likeness (QED) is 0.350. The predicted octanol–water partition coefficient (Wildman–Crippen LogP) is 5.55. The van der Waals surface area contributed by atoms with Gasteiger partial charge in [-0.25, -0.2) is 9.97 Å². The molecule has 8 heteroatoms. The van der Waals surface area contributed by atoms with Crippen molar-refractivity contribution in [1.29, 1.82) is 0 Å². The van der Waals surface area contributed by atoms with Crippen LogP contribution in [0.15, 0.2) is 96.0 Å². The maximum atomic E-state index is 13.8. The first kappa shape index (κ1) is 22.2. The Labute approximate surface area is 205 Å². The van der Waals surface area contributed by atoms with Crippen molar-refractivity contribution in [3.63, 3.8) is 0 Å². The second-order valence-corrected chi connectivity index (χ2v) is 9.75. The van der Waals surface area contributed by atoms with Gasteiger partial charge >= 0.3 is 0 Å². The average molecular weight is 487 g/mol. The highest BCUT2D eigenvalue weighted by Gasteiger charge is 2.46. The number of carbonyl (C=O) groups is 2. The molecule has 4 atom stereocenters. The standard InChI is InChI=1S/C26H22N4O2S2/c31-23(29-25-27-13-15-33-25)21-19(17-7-3-1-4-8-17)11-12-20(18-9-5-2-6-10-18)22(21)24(32)30-26-28-14-16-34-26/h1-16,19-22H,(H,27,29,31)(H,28,30,32)/t19-,20+,21+,22-. The lowest BCUT2D eigenvalue weighted by atomic mass is 9.65. The Balaban J connectivity index is 1.59. The summed E-state index contributed by atoms with van der Waals surface area (Å²) in [5.41, 5.74) is 1.97. The van der Waals surface area contributed by atoms with Gasteiger partial charge in [-0.1, -0.05) is 72.8 Å². The molecule has 2 aromatic heterocycles. The molecule has 0 unspecified atom stereocenters. The molecular formula is C26H22N4O2S2. The fraction of sp³-hybridized carbons (Fsp3) is 0.154. The number of aromatic nitrogens is 2. The van der Waals surface area contributed by atoms with Crippen LogP contribution in [0.4, 0.5) is 10.3 Å². The molecule has 170 valence electrons. The molecule has 2 aromatic carbocycles. The van der Waals surface area contributed by atoms with Crippen molar-refractivity contribution in [2.24, 2.45) is 11.8 Å². The van der Waals surface area contributed by atoms with Crippen LogP contribution in [0.2, 0.25) is 0 Å². The highest BCUT2D eigenvalue weighted by atomic mass is 32.1. The van der Waals surface area contributed by atoms with Crippen LogP contribution >= 0.6 is 22.7 Å². The molecule has 1 aliphatic carbocycles. The molecule has 2 heterocycles. The number of allylic oxidation sites excluding steroid dienone is 2. The van der Waals surface area contributed by atoms with Crippen LogP contribution in [0.25, 0.3) is 0 Å². The van der Waals surface area contributed by atoms with Crippen LogP contribution in [0.1, 0.15) is 23.0 Å². The molecule has 0 fully saturated rings. The minimum absolute atomic E-state index is 0.228. The van der Waals surface area contributed by atoms with E-state index < -0.39 is 11.8 Å². The maximum absolute atomic E-state index is 13.8. The lowest BCUT2D eigenvalue weighted by Crippen LogP contribution is -2.44. The Morgan fingerprint density at radius 3 is 1.41 bits per heavy atom. The van der Waals surface area contributed by atoms with Crippen molar-refractivity contribution in [2.45, 2.75) is 11.8 Å². The third-order valence-electron chi connectivity index (χ3n) is 5.99. The number of rotatable bonds is 6. The molecule has 4 aromatic rings. The number of anilines is 2. The number of nitrogens with one attached hydrogen (secondary N) is 2. The van der Waals surface area contributed by atoms with Crippen LogP contribution in [-0.2, 0) is 9.59 Å². The van der Waals surface area contributed by atoms with E-state index >= 15 is 0 Å². The number of carbonyl (C=O) groups excluding carboxylic acids is 2. The summed E-state index contributed by atoms with van der Waals surface area (Å²) in [4.78, 5) is 36.0. The van der Waals surface area contributed by atoms with E-state index in [4.69, 9.17) is 0 Å². The zero-order valence-corrected chi connectivity index (χ0v) is 19.7. The highest BCUT2D eigenvalue weighted by Crippen LogP contribution is 2.45. The molecule has 5 rings (SSSR count). The van der Waals surface area contributed by atoms with Crippen LogP contribution in [-0.4, -0.2) is 21.8 Å². The van der Waals surface area contributed by atoms with Gasteiger partial charge in [-0.15, -0.1) is 22.7 Å². The molecule has 0 bridgehead atoms. The van der Waals surface area contributed by atoms with Gasteiger partial charge in [0.05, 0.1) is 11.8 Å².